The Morgan fingerprint density at radius 2 is 2.20 bits per heavy atom. The van der Waals surface area contributed by atoms with Crippen LogP contribution in [0.25, 0.3) is 11.0 Å². The van der Waals surface area contributed by atoms with Crippen LogP contribution in [0.4, 0.5) is 5.82 Å². The fourth-order valence-electron chi connectivity index (χ4n) is 2.52. The Labute approximate surface area is 152 Å². The number of carbonyl (C=O) groups excluding carboxylic acids is 1. The molecule has 1 fully saturated rings. The van der Waals surface area contributed by atoms with Crippen LogP contribution in [0.5, 0.6) is 0 Å². The normalized spacial score (nSPS) is 14.2. The van der Waals surface area contributed by atoms with Gasteiger partial charge in [-0.15, -0.1) is 0 Å². The van der Waals surface area contributed by atoms with Gasteiger partial charge in [-0.05, 0) is 33.1 Å². The van der Waals surface area contributed by atoms with E-state index in [2.05, 4.69) is 46.5 Å². The third kappa shape index (κ3) is 4.62. The minimum atomic E-state index is 0.160. The van der Waals surface area contributed by atoms with E-state index in [4.69, 9.17) is 0 Å². The van der Waals surface area contributed by atoms with Gasteiger partial charge in [-0.1, -0.05) is 18.7 Å². The highest BCUT2D eigenvalue weighted by Gasteiger charge is 2.29. The first-order chi connectivity index (χ1) is 12.1. The van der Waals surface area contributed by atoms with Crippen molar-refractivity contribution in [2.75, 3.05) is 17.6 Å². The van der Waals surface area contributed by atoms with Crippen LogP contribution < -0.4 is 10.6 Å². The van der Waals surface area contributed by atoms with Gasteiger partial charge in [0.05, 0.1) is 18.1 Å². The second-order valence-corrected chi connectivity index (χ2v) is 7.73. The highest BCUT2D eigenvalue weighted by molar-refractivity contribution is 7.99. The molecule has 2 aromatic heterocycles. The Bertz CT molecular complexity index is 740. The van der Waals surface area contributed by atoms with Crippen LogP contribution in [0.15, 0.2) is 11.4 Å². The number of nitrogens with one attached hydrogen (secondary N) is 2. The molecule has 0 saturated heterocycles. The molecule has 8 heteroatoms. The maximum Gasteiger partial charge on any atom is 0.223 e. The first-order valence-corrected chi connectivity index (χ1v) is 9.97. The molecule has 2 heterocycles. The molecule has 1 amide bonds. The first kappa shape index (κ1) is 18.0. The zero-order chi connectivity index (χ0) is 17.8. The number of hydrogen-bond acceptors (Lipinski definition) is 6. The van der Waals surface area contributed by atoms with Crippen LogP contribution in [-0.2, 0) is 11.3 Å². The predicted molar refractivity (Wildman–Crippen MR) is 101 cm³/mol. The Morgan fingerprint density at radius 1 is 1.40 bits per heavy atom. The van der Waals surface area contributed by atoms with E-state index in [1.165, 1.54) is 0 Å². The van der Waals surface area contributed by atoms with Gasteiger partial charge >= 0.3 is 0 Å². The van der Waals surface area contributed by atoms with Gasteiger partial charge in [-0.25, -0.2) is 14.6 Å². The van der Waals surface area contributed by atoms with Crippen molar-refractivity contribution >= 4 is 34.5 Å². The number of aromatic nitrogens is 4. The molecule has 0 aromatic carbocycles. The zero-order valence-corrected chi connectivity index (χ0v) is 15.9. The van der Waals surface area contributed by atoms with Crippen LogP contribution in [0.1, 0.15) is 40.0 Å². The van der Waals surface area contributed by atoms with Gasteiger partial charge < -0.3 is 10.6 Å². The molecule has 25 heavy (non-hydrogen) atoms. The van der Waals surface area contributed by atoms with E-state index in [1.54, 1.807) is 18.0 Å². The van der Waals surface area contributed by atoms with Crippen LogP contribution in [0.2, 0.25) is 0 Å². The summed E-state index contributed by atoms with van der Waals surface area (Å²) in [6, 6.07) is 0.281. The second-order valence-electron chi connectivity index (χ2n) is 6.67. The molecule has 0 unspecified atom stereocenters. The van der Waals surface area contributed by atoms with Crippen molar-refractivity contribution in [1.82, 2.24) is 25.1 Å². The molecule has 7 nitrogen and oxygen atoms in total. The fourth-order valence-corrected chi connectivity index (χ4v) is 3.21. The van der Waals surface area contributed by atoms with Crippen LogP contribution in [0.3, 0.4) is 0 Å². The SMILES string of the molecule is CCCSc1nc(NC(C)C)c2cnn(CCNC(=O)C3CC3)c2n1. The summed E-state index contributed by atoms with van der Waals surface area (Å²) in [6.45, 7) is 7.50. The monoisotopic (exact) mass is 362 g/mol. The molecule has 0 bridgehead atoms. The number of amides is 1. The van der Waals surface area contributed by atoms with Gasteiger partial charge in [0, 0.05) is 24.3 Å². The average Bonchev–Trinajstić information content (AvgIpc) is 3.35. The van der Waals surface area contributed by atoms with Crippen LogP contribution in [0, 0.1) is 5.92 Å². The van der Waals surface area contributed by atoms with Crippen molar-refractivity contribution in [3.05, 3.63) is 6.20 Å². The number of rotatable bonds is 9. The summed E-state index contributed by atoms with van der Waals surface area (Å²) in [6.07, 6.45) is 4.92. The maximum atomic E-state index is 11.8. The molecule has 1 aliphatic carbocycles. The van der Waals surface area contributed by atoms with E-state index < -0.39 is 0 Å². The molecule has 1 aliphatic rings. The Balaban J connectivity index is 1.78. The molecule has 0 radical (unpaired) electrons. The summed E-state index contributed by atoms with van der Waals surface area (Å²) in [7, 11) is 0. The zero-order valence-electron chi connectivity index (χ0n) is 15.1. The van der Waals surface area contributed by atoms with Gasteiger partial charge in [0.1, 0.15) is 5.82 Å². The summed E-state index contributed by atoms with van der Waals surface area (Å²) in [4.78, 5) is 21.1. The molecule has 3 rings (SSSR count). The largest absolute Gasteiger partial charge is 0.367 e. The van der Waals surface area contributed by atoms with E-state index in [0.717, 1.165) is 47.0 Å². The lowest BCUT2D eigenvalue weighted by Gasteiger charge is -2.12. The van der Waals surface area contributed by atoms with Crippen LogP contribution in [-0.4, -0.2) is 44.0 Å². The summed E-state index contributed by atoms with van der Waals surface area (Å²) in [5.41, 5.74) is 0.817. The summed E-state index contributed by atoms with van der Waals surface area (Å²) in [5.74, 6) is 2.20. The molecule has 0 aliphatic heterocycles. The first-order valence-electron chi connectivity index (χ1n) is 8.99. The lowest BCUT2D eigenvalue weighted by Crippen LogP contribution is -2.28. The summed E-state index contributed by atoms with van der Waals surface area (Å²) in [5, 5.41) is 12.5. The Hall–Kier alpha value is -1.83. The van der Waals surface area contributed by atoms with Gasteiger partial charge in [0.2, 0.25) is 5.91 Å². The highest BCUT2D eigenvalue weighted by atomic mass is 32.2. The number of fused-ring (bicyclic) bond motifs is 1. The standard InChI is InChI=1S/C17H26N6OS/c1-4-9-25-17-21-14(20-11(2)3)13-10-19-23(15(13)22-17)8-7-18-16(24)12-5-6-12/h10-12H,4-9H2,1-3H3,(H,18,24)(H,20,21,22). The van der Waals surface area contributed by atoms with Crippen molar-refractivity contribution in [2.45, 2.75) is 57.8 Å². The number of nitrogens with zero attached hydrogens (tertiary/aromatic N) is 4. The third-order valence-electron chi connectivity index (χ3n) is 3.91. The summed E-state index contributed by atoms with van der Waals surface area (Å²) < 4.78 is 1.85. The molecule has 1 saturated carbocycles. The quantitative estimate of drug-likeness (QED) is 0.527. The topological polar surface area (TPSA) is 84.7 Å². The van der Waals surface area contributed by atoms with E-state index in [9.17, 15) is 4.79 Å². The number of anilines is 1. The molecule has 2 aromatic rings. The van der Waals surface area contributed by atoms with Crippen molar-refractivity contribution in [1.29, 1.82) is 0 Å². The van der Waals surface area contributed by atoms with Gasteiger partial charge in [-0.2, -0.15) is 5.10 Å². The van der Waals surface area contributed by atoms with Crippen molar-refractivity contribution in [3.63, 3.8) is 0 Å². The third-order valence-corrected chi connectivity index (χ3v) is 4.96. The molecule has 0 spiro atoms. The van der Waals surface area contributed by atoms with E-state index in [1.807, 2.05) is 4.68 Å². The van der Waals surface area contributed by atoms with E-state index >= 15 is 0 Å². The second kappa shape index (κ2) is 8.03. The van der Waals surface area contributed by atoms with Gasteiger partial charge in [-0.3, -0.25) is 4.79 Å². The Morgan fingerprint density at radius 3 is 2.88 bits per heavy atom. The minimum absolute atomic E-state index is 0.160. The van der Waals surface area contributed by atoms with Crippen molar-refractivity contribution in [2.24, 2.45) is 5.92 Å². The van der Waals surface area contributed by atoms with Gasteiger partial charge in [0.25, 0.3) is 0 Å². The summed E-state index contributed by atoms with van der Waals surface area (Å²) >= 11 is 1.66. The minimum Gasteiger partial charge on any atom is -0.367 e. The predicted octanol–water partition coefficient (Wildman–Crippen LogP) is 2.67. The van der Waals surface area contributed by atoms with Crippen molar-refractivity contribution in [3.8, 4) is 0 Å². The van der Waals surface area contributed by atoms with Crippen molar-refractivity contribution < 1.29 is 4.79 Å². The number of carbonyl (C=O) groups is 1. The van der Waals surface area contributed by atoms with E-state index in [0.29, 0.717) is 13.1 Å². The number of thioether (sulfide) groups is 1. The maximum absolute atomic E-state index is 11.8. The lowest BCUT2D eigenvalue weighted by atomic mass is 10.3. The lowest BCUT2D eigenvalue weighted by molar-refractivity contribution is -0.122. The van der Waals surface area contributed by atoms with Crippen LogP contribution >= 0.6 is 11.8 Å². The Kier molecular flexibility index (Phi) is 5.78. The highest BCUT2D eigenvalue weighted by Crippen LogP contribution is 2.28. The molecular formula is C17H26N6OS. The molecule has 2 N–H and O–H groups in total. The fraction of sp³-hybridized carbons (Fsp3) is 0.647. The number of hydrogen-bond donors (Lipinski definition) is 2. The molecular weight excluding hydrogens is 336 g/mol. The van der Waals surface area contributed by atoms with E-state index in [-0.39, 0.29) is 17.9 Å². The average molecular weight is 363 g/mol. The van der Waals surface area contributed by atoms with Gasteiger partial charge in [0.15, 0.2) is 10.8 Å². The molecule has 0 atom stereocenters. The smallest absolute Gasteiger partial charge is 0.223 e. The molecule has 136 valence electrons.